The molecule has 5 heteroatoms. The minimum Gasteiger partial charge on any atom is -0.395 e. The predicted octanol–water partition coefficient (Wildman–Crippen LogP) is 1.51. The molecule has 0 aromatic heterocycles. The van der Waals surface area contributed by atoms with Gasteiger partial charge >= 0.3 is 0 Å². The molecule has 1 aromatic rings. The van der Waals surface area contributed by atoms with E-state index < -0.39 is 0 Å². The Kier molecular flexibility index (Phi) is 5.63. The number of nitrogens with one attached hydrogen (secondary N) is 1. The van der Waals surface area contributed by atoms with Crippen LogP contribution >= 0.6 is 11.6 Å². The van der Waals surface area contributed by atoms with E-state index in [9.17, 15) is 4.79 Å². The highest BCUT2D eigenvalue weighted by Crippen LogP contribution is 2.17. The minimum atomic E-state index is -0.105. The van der Waals surface area contributed by atoms with Crippen molar-refractivity contribution in [3.8, 4) is 11.8 Å². The molecule has 2 N–H and O–H groups in total. The smallest absolute Gasteiger partial charge is 0.251 e. The molecule has 0 aliphatic carbocycles. The van der Waals surface area contributed by atoms with E-state index >= 15 is 0 Å². The number of hydrogen-bond acceptors (Lipinski definition) is 3. The van der Waals surface area contributed by atoms with Crippen LogP contribution in [0.3, 0.4) is 0 Å². The summed E-state index contributed by atoms with van der Waals surface area (Å²) in [5.41, 5.74) is 1.21. The Morgan fingerprint density at radius 2 is 2.38 bits per heavy atom. The van der Waals surface area contributed by atoms with Gasteiger partial charge in [-0.2, -0.15) is 0 Å². The van der Waals surface area contributed by atoms with Crippen LogP contribution in [0.15, 0.2) is 18.2 Å². The first-order chi connectivity index (χ1) is 10.1. The topological polar surface area (TPSA) is 52.6 Å². The molecule has 1 unspecified atom stereocenters. The highest BCUT2D eigenvalue weighted by molar-refractivity contribution is 6.32. The molecule has 0 bridgehead atoms. The lowest BCUT2D eigenvalue weighted by Crippen LogP contribution is -2.36. The lowest BCUT2D eigenvalue weighted by molar-refractivity contribution is 0.0938. The molecular formula is C16H19ClN2O2. The van der Waals surface area contributed by atoms with Gasteiger partial charge in [0.1, 0.15) is 0 Å². The molecule has 2 rings (SSSR count). The van der Waals surface area contributed by atoms with E-state index in [-0.39, 0.29) is 18.6 Å². The van der Waals surface area contributed by atoms with Gasteiger partial charge in [-0.05, 0) is 38.2 Å². The van der Waals surface area contributed by atoms with Crippen LogP contribution in [0.25, 0.3) is 0 Å². The fraction of sp³-hybridized carbons (Fsp3) is 0.438. The summed E-state index contributed by atoms with van der Waals surface area (Å²) in [5.74, 6) is 5.59. The van der Waals surface area contributed by atoms with Crippen LogP contribution in [0.4, 0.5) is 0 Å². The first-order valence-corrected chi connectivity index (χ1v) is 7.36. The van der Waals surface area contributed by atoms with Gasteiger partial charge in [0.25, 0.3) is 5.91 Å². The summed E-state index contributed by atoms with van der Waals surface area (Å²) >= 11 is 6.14. The maximum absolute atomic E-state index is 12.2. The summed E-state index contributed by atoms with van der Waals surface area (Å²) in [6, 6.07) is 5.30. The molecule has 1 saturated heterocycles. The number of rotatable bonds is 3. The second kappa shape index (κ2) is 7.46. The van der Waals surface area contributed by atoms with Gasteiger partial charge in [0.15, 0.2) is 0 Å². The normalized spacial score (nSPS) is 18.1. The predicted molar refractivity (Wildman–Crippen MR) is 83.4 cm³/mol. The largest absolute Gasteiger partial charge is 0.395 e. The number of aliphatic hydroxyl groups is 1. The Morgan fingerprint density at radius 3 is 3.00 bits per heavy atom. The van der Waals surface area contributed by atoms with E-state index in [2.05, 4.69) is 22.1 Å². The zero-order valence-corrected chi connectivity index (χ0v) is 12.8. The monoisotopic (exact) mass is 306 g/mol. The lowest BCUT2D eigenvalue weighted by atomic mass is 10.1. The van der Waals surface area contributed by atoms with E-state index in [1.165, 1.54) is 0 Å². The Labute approximate surface area is 130 Å². The molecule has 1 heterocycles. The second-order valence-corrected chi connectivity index (χ2v) is 5.60. The van der Waals surface area contributed by atoms with Gasteiger partial charge in [-0.15, -0.1) is 0 Å². The fourth-order valence-electron chi connectivity index (χ4n) is 2.29. The maximum Gasteiger partial charge on any atom is 0.251 e. The van der Waals surface area contributed by atoms with E-state index in [1.807, 2.05) is 7.05 Å². The number of aliphatic hydroxyl groups excluding tert-OH is 1. The van der Waals surface area contributed by atoms with Gasteiger partial charge in [-0.3, -0.25) is 4.79 Å². The Bertz CT molecular complexity index is 577. The fourth-order valence-corrected chi connectivity index (χ4v) is 2.52. The number of carbonyl (C=O) groups excluding carboxylic acids is 1. The molecule has 1 fully saturated rings. The molecule has 1 aliphatic rings. The molecule has 4 nitrogen and oxygen atoms in total. The number of nitrogens with zero attached hydrogens (tertiary/aromatic N) is 1. The number of amides is 1. The third kappa shape index (κ3) is 4.47. The van der Waals surface area contributed by atoms with Gasteiger partial charge < -0.3 is 15.3 Å². The lowest BCUT2D eigenvalue weighted by Gasteiger charge is -2.13. The molecular weight excluding hydrogens is 288 g/mol. The highest BCUT2D eigenvalue weighted by atomic mass is 35.5. The summed E-state index contributed by atoms with van der Waals surface area (Å²) in [6.45, 7) is 1.91. The van der Waals surface area contributed by atoms with Crippen molar-refractivity contribution in [1.29, 1.82) is 0 Å². The number of hydrogen-bond donors (Lipinski definition) is 2. The number of likely N-dealkylation sites (tertiary alicyclic amines) is 1. The quantitative estimate of drug-likeness (QED) is 0.832. The zero-order valence-electron chi connectivity index (χ0n) is 12.0. The molecule has 1 aromatic carbocycles. The third-order valence-corrected chi connectivity index (χ3v) is 3.73. The van der Waals surface area contributed by atoms with E-state index in [1.54, 1.807) is 18.2 Å². The molecule has 1 atom stereocenters. The molecule has 0 spiro atoms. The van der Waals surface area contributed by atoms with Crippen LogP contribution in [-0.4, -0.2) is 48.7 Å². The van der Waals surface area contributed by atoms with Crippen molar-refractivity contribution >= 4 is 17.5 Å². The van der Waals surface area contributed by atoms with Gasteiger partial charge in [-0.25, -0.2) is 0 Å². The van der Waals surface area contributed by atoms with Crippen LogP contribution in [0.2, 0.25) is 5.02 Å². The van der Waals surface area contributed by atoms with E-state index in [0.717, 1.165) is 19.5 Å². The van der Waals surface area contributed by atoms with Gasteiger partial charge in [-0.1, -0.05) is 23.4 Å². The van der Waals surface area contributed by atoms with Crippen molar-refractivity contribution in [2.45, 2.75) is 18.9 Å². The summed E-state index contributed by atoms with van der Waals surface area (Å²) < 4.78 is 0. The number of carbonyl (C=O) groups is 1. The van der Waals surface area contributed by atoms with Crippen molar-refractivity contribution in [2.75, 3.05) is 26.7 Å². The third-order valence-electron chi connectivity index (χ3n) is 3.42. The molecule has 21 heavy (non-hydrogen) atoms. The Hall–Kier alpha value is -1.54. The average molecular weight is 307 g/mol. The van der Waals surface area contributed by atoms with Crippen LogP contribution in [0, 0.1) is 11.8 Å². The first kappa shape index (κ1) is 15.8. The van der Waals surface area contributed by atoms with E-state index in [0.29, 0.717) is 22.6 Å². The molecule has 112 valence electrons. The zero-order chi connectivity index (χ0) is 15.2. The van der Waals surface area contributed by atoms with Crippen molar-refractivity contribution in [1.82, 2.24) is 10.2 Å². The summed E-state index contributed by atoms with van der Waals surface area (Å²) in [7, 11) is 2.04. The molecule has 1 aliphatic heterocycles. The van der Waals surface area contributed by atoms with Crippen LogP contribution < -0.4 is 5.32 Å². The van der Waals surface area contributed by atoms with Gasteiger partial charge in [0.2, 0.25) is 0 Å². The Morgan fingerprint density at radius 1 is 1.57 bits per heavy atom. The molecule has 0 radical (unpaired) electrons. The van der Waals surface area contributed by atoms with Crippen molar-refractivity contribution in [2.24, 2.45) is 0 Å². The summed E-state index contributed by atoms with van der Waals surface area (Å²) in [6.07, 6.45) is 1.38. The first-order valence-electron chi connectivity index (χ1n) is 6.99. The molecule has 0 saturated carbocycles. The summed E-state index contributed by atoms with van der Waals surface area (Å²) in [4.78, 5) is 14.4. The highest BCUT2D eigenvalue weighted by Gasteiger charge is 2.21. The second-order valence-electron chi connectivity index (χ2n) is 5.19. The van der Waals surface area contributed by atoms with Gasteiger partial charge in [0.05, 0.1) is 11.6 Å². The van der Waals surface area contributed by atoms with E-state index in [4.69, 9.17) is 16.7 Å². The average Bonchev–Trinajstić information content (AvgIpc) is 2.86. The number of halogens is 1. The van der Waals surface area contributed by atoms with Crippen LogP contribution in [-0.2, 0) is 0 Å². The minimum absolute atomic E-state index is 0.0287. The summed E-state index contributed by atoms with van der Waals surface area (Å²) in [5, 5.41) is 12.2. The standard InChI is InChI=1S/C16H19ClN2O2/c1-19-8-7-14(11-19)18-16(21)13-6-5-12(15(17)10-13)4-2-3-9-20/h5-6,10,14,20H,3,7-9,11H2,1H3,(H,18,21). The van der Waals surface area contributed by atoms with Crippen molar-refractivity contribution in [3.05, 3.63) is 34.3 Å². The molecule has 1 amide bonds. The number of benzene rings is 1. The van der Waals surface area contributed by atoms with Crippen molar-refractivity contribution < 1.29 is 9.90 Å². The van der Waals surface area contributed by atoms with Crippen molar-refractivity contribution in [3.63, 3.8) is 0 Å². The van der Waals surface area contributed by atoms with Gasteiger partial charge in [0, 0.05) is 30.1 Å². The Balaban J connectivity index is 2.02. The SMILES string of the molecule is CN1CCC(NC(=O)c2ccc(C#CCCO)c(Cl)c2)C1. The van der Waals surface area contributed by atoms with Crippen LogP contribution in [0.1, 0.15) is 28.8 Å². The maximum atomic E-state index is 12.2. The van der Waals surface area contributed by atoms with Crippen LogP contribution in [0.5, 0.6) is 0 Å². The number of likely N-dealkylation sites (N-methyl/N-ethyl adjacent to an activating group) is 1.